The lowest BCUT2D eigenvalue weighted by molar-refractivity contribution is -0.118. The zero-order valence-electron chi connectivity index (χ0n) is 18.0. The number of para-hydroxylation sites is 1. The molecule has 0 bridgehead atoms. The number of carbonyl (C=O) groups excluding carboxylic acids is 1. The van der Waals surface area contributed by atoms with E-state index in [9.17, 15) is 4.79 Å². The minimum atomic E-state index is -0.108. The van der Waals surface area contributed by atoms with E-state index in [0.717, 1.165) is 11.4 Å². The summed E-state index contributed by atoms with van der Waals surface area (Å²) in [5.74, 6) is 2.70. The molecule has 0 aliphatic rings. The molecule has 0 saturated heterocycles. The molecule has 0 spiro atoms. The van der Waals surface area contributed by atoms with Gasteiger partial charge < -0.3 is 14.8 Å². The van der Waals surface area contributed by atoms with Crippen molar-refractivity contribution in [3.8, 4) is 34.3 Å². The smallest absolute Gasteiger partial charge is 0.230 e. The third kappa shape index (κ3) is 5.30. The normalized spacial score (nSPS) is 10.6. The van der Waals surface area contributed by atoms with Crippen LogP contribution < -0.4 is 14.8 Å². The Hall–Kier alpha value is -3.49. The largest absolute Gasteiger partial charge is 0.496 e. The highest BCUT2D eigenvalue weighted by Gasteiger charge is 2.20. The average molecular weight is 481 g/mol. The minimum Gasteiger partial charge on any atom is -0.496 e. The summed E-state index contributed by atoms with van der Waals surface area (Å²) >= 11 is 7.55. The Labute approximate surface area is 200 Å². The van der Waals surface area contributed by atoms with Crippen LogP contribution in [-0.4, -0.2) is 40.6 Å². The van der Waals surface area contributed by atoms with E-state index in [1.54, 1.807) is 32.4 Å². The maximum atomic E-state index is 11.8. The lowest BCUT2D eigenvalue weighted by Gasteiger charge is -2.13. The van der Waals surface area contributed by atoms with Crippen molar-refractivity contribution in [1.29, 1.82) is 0 Å². The molecule has 0 fully saturated rings. The van der Waals surface area contributed by atoms with E-state index in [0.29, 0.717) is 33.1 Å². The quantitative estimate of drug-likeness (QED) is 0.348. The summed E-state index contributed by atoms with van der Waals surface area (Å²) in [5.41, 5.74) is 1.49. The molecule has 0 atom stereocenters. The van der Waals surface area contributed by atoms with Crippen LogP contribution in [0.4, 0.5) is 0 Å². The van der Waals surface area contributed by atoms with Gasteiger partial charge in [0, 0.05) is 12.1 Å². The van der Waals surface area contributed by atoms with Crippen molar-refractivity contribution < 1.29 is 14.3 Å². The summed E-state index contributed by atoms with van der Waals surface area (Å²) in [7, 11) is 3.19. The van der Waals surface area contributed by atoms with Crippen LogP contribution in [0.25, 0.3) is 17.1 Å². The van der Waals surface area contributed by atoms with Crippen molar-refractivity contribution in [2.75, 3.05) is 19.9 Å². The number of halogens is 1. The Bertz CT molecular complexity index is 1250. The summed E-state index contributed by atoms with van der Waals surface area (Å²) in [6, 6.07) is 22.4. The lowest BCUT2D eigenvalue weighted by Crippen LogP contribution is -2.20. The van der Waals surface area contributed by atoms with Gasteiger partial charge in [0.2, 0.25) is 5.91 Å². The second-order valence-electron chi connectivity index (χ2n) is 6.86. The zero-order valence-corrected chi connectivity index (χ0v) is 19.6. The maximum absolute atomic E-state index is 11.8. The van der Waals surface area contributed by atoms with Crippen LogP contribution in [0.15, 0.2) is 78.0 Å². The van der Waals surface area contributed by atoms with E-state index >= 15 is 0 Å². The number of hydrogen-bond donors (Lipinski definition) is 1. The van der Waals surface area contributed by atoms with Crippen LogP contribution >= 0.6 is 23.4 Å². The van der Waals surface area contributed by atoms with Crippen LogP contribution in [0.1, 0.15) is 0 Å². The lowest BCUT2D eigenvalue weighted by atomic mass is 10.2. The van der Waals surface area contributed by atoms with Gasteiger partial charge in [-0.1, -0.05) is 41.6 Å². The number of carbonyl (C=O) groups is 1. The van der Waals surface area contributed by atoms with Crippen LogP contribution in [-0.2, 0) is 4.79 Å². The van der Waals surface area contributed by atoms with Crippen molar-refractivity contribution in [3.63, 3.8) is 0 Å². The molecule has 1 N–H and O–H groups in total. The number of benzene rings is 3. The fourth-order valence-electron chi connectivity index (χ4n) is 3.12. The van der Waals surface area contributed by atoms with Crippen LogP contribution in [0.5, 0.6) is 17.2 Å². The van der Waals surface area contributed by atoms with E-state index in [1.165, 1.54) is 11.8 Å². The van der Waals surface area contributed by atoms with Crippen molar-refractivity contribution in [2.45, 2.75) is 5.16 Å². The maximum Gasteiger partial charge on any atom is 0.230 e. The first-order valence-electron chi connectivity index (χ1n) is 10.0. The van der Waals surface area contributed by atoms with Gasteiger partial charge in [0.15, 0.2) is 11.0 Å². The van der Waals surface area contributed by atoms with Gasteiger partial charge in [0.25, 0.3) is 0 Å². The number of nitrogens with zero attached hydrogens (tertiary/aromatic N) is 3. The summed E-state index contributed by atoms with van der Waals surface area (Å²) in [6.45, 7) is 0. The monoisotopic (exact) mass is 480 g/mol. The molecule has 4 rings (SSSR count). The van der Waals surface area contributed by atoms with E-state index < -0.39 is 0 Å². The minimum absolute atomic E-state index is 0.108. The van der Waals surface area contributed by atoms with E-state index in [1.807, 2.05) is 59.2 Å². The third-order valence-electron chi connectivity index (χ3n) is 4.72. The molecule has 1 heterocycles. The topological polar surface area (TPSA) is 78.3 Å². The zero-order chi connectivity index (χ0) is 23.2. The average Bonchev–Trinajstić information content (AvgIpc) is 3.27. The number of aromatic nitrogens is 3. The van der Waals surface area contributed by atoms with Gasteiger partial charge in [0.05, 0.1) is 24.1 Å². The number of rotatable bonds is 8. The molecule has 0 unspecified atom stereocenters. The fraction of sp³-hybridized carbons (Fsp3) is 0.125. The second kappa shape index (κ2) is 10.4. The highest BCUT2D eigenvalue weighted by Crippen LogP contribution is 2.35. The van der Waals surface area contributed by atoms with E-state index in [-0.39, 0.29) is 11.7 Å². The van der Waals surface area contributed by atoms with Crippen LogP contribution in [0, 0.1) is 0 Å². The highest BCUT2D eigenvalue weighted by atomic mass is 35.5. The summed E-state index contributed by atoms with van der Waals surface area (Å²) < 4.78 is 13.3. The fourth-order valence-corrected chi connectivity index (χ4v) is 4.11. The molecule has 4 aromatic rings. The van der Waals surface area contributed by atoms with Gasteiger partial charge in [-0.05, 0) is 54.6 Å². The molecule has 1 aromatic heterocycles. The molecule has 168 valence electrons. The Morgan fingerprint density at radius 2 is 1.76 bits per heavy atom. The molecule has 0 aliphatic carbocycles. The van der Waals surface area contributed by atoms with Crippen molar-refractivity contribution in [2.24, 2.45) is 0 Å². The number of thioether (sulfide) groups is 1. The first kappa shape index (κ1) is 22.7. The predicted octanol–water partition coefficient (Wildman–Crippen LogP) is 5.23. The van der Waals surface area contributed by atoms with E-state index in [4.69, 9.17) is 21.1 Å². The van der Waals surface area contributed by atoms with Crippen molar-refractivity contribution in [3.05, 3.63) is 77.8 Å². The van der Waals surface area contributed by atoms with Gasteiger partial charge in [-0.15, -0.1) is 10.2 Å². The first-order chi connectivity index (χ1) is 16.1. The highest BCUT2D eigenvalue weighted by molar-refractivity contribution is 7.99. The summed E-state index contributed by atoms with van der Waals surface area (Å²) in [4.78, 5) is 11.8. The van der Waals surface area contributed by atoms with Gasteiger partial charge >= 0.3 is 0 Å². The molecular formula is C24H21ClN4O3S. The molecule has 7 nitrogen and oxygen atoms in total. The first-order valence-corrected chi connectivity index (χ1v) is 11.4. The predicted molar refractivity (Wildman–Crippen MR) is 130 cm³/mol. The van der Waals surface area contributed by atoms with Crippen LogP contribution in [0.2, 0.25) is 5.02 Å². The van der Waals surface area contributed by atoms with Crippen molar-refractivity contribution in [1.82, 2.24) is 20.1 Å². The molecule has 33 heavy (non-hydrogen) atoms. The molecule has 0 saturated carbocycles. The Kier molecular flexibility index (Phi) is 7.16. The summed E-state index contributed by atoms with van der Waals surface area (Å²) in [5, 5.41) is 12.5. The SMILES string of the molecule is CNC(=O)CSc1nnc(-c2cc(Cl)ccc2OC)n1-c1ccc(Oc2ccccc2)cc1. The molecule has 1 amide bonds. The Morgan fingerprint density at radius 1 is 1.03 bits per heavy atom. The molecular weight excluding hydrogens is 460 g/mol. The van der Waals surface area contributed by atoms with Gasteiger partial charge in [-0.3, -0.25) is 9.36 Å². The van der Waals surface area contributed by atoms with Gasteiger partial charge in [-0.2, -0.15) is 0 Å². The van der Waals surface area contributed by atoms with E-state index in [2.05, 4.69) is 15.5 Å². The standard InChI is InChI=1S/C24H21ClN4O3S/c1-26-22(30)15-33-24-28-27-23(20-14-16(25)8-13-21(20)31-2)29(24)17-9-11-19(12-10-17)32-18-6-4-3-5-7-18/h3-14H,15H2,1-2H3,(H,26,30). The number of nitrogens with one attached hydrogen (secondary N) is 1. The summed E-state index contributed by atoms with van der Waals surface area (Å²) in [6.07, 6.45) is 0. The number of hydrogen-bond acceptors (Lipinski definition) is 6. The molecule has 0 aliphatic heterocycles. The van der Waals surface area contributed by atoms with Gasteiger partial charge in [0.1, 0.15) is 17.2 Å². The van der Waals surface area contributed by atoms with Crippen LogP contribution in [0.3, 0.4) is 0 Å². The Balaban J connectivity index is 1.74. The van der Waals surface area contributed by atoms with Crippen molar-refractivity contribution >= 4 is 29.3 Å². The number of methoxy groups -OCH3 is 1. The Morgan fingerprint density at radius 3 is 2.45 bits per heavy atom. The molecule has 0 radical (unpaired) electrons. The second-order valence-corrected chi connectivity index (χ2v) is 8.24. The molecule has 9 heteroatoms. The third-order valence-corrected chi connectivity index (χ3v) is 5.88. The molecule has 3 aromatic carbocycles. The number of ether oxygens (including phenoxy) is 2. The number of amides is 1. The van der Waals surface area contributed by atoms with Gasteiger partial charge in [-0.25, -0.2) is 0 Å².